The highest BCUT2D eigenvalue weighted by atomic mass is 16.1. The van der Waals surface area contributed by atoms with Crippen LogP contribution < -0.4 is 0 Å². The maximum atomic E-state index is 12.6. The van der Waals surface area contributed by atoms with Gasteiger partial charge in [-0.05, 0) is 38.5 Å². The summed E-state index contributed by atoms with van der Waals surface area (Å²) in [6.45, 7) is 4.77. The highest BCUT2D eigenvalue weighted by Crippen LogP contribution is 2.40. The molecule has 0 aromatic heterocycles. The summed E-state index contributed by atoms with van der Waals surface area (Å²) in [6, 6.07) is 1.22. The van der Waals surface area contributed by atoms with E-state index in [1.807, 2.05) is 0 Å². The predicted octanol–water partition coefficient (Wildman–Crippen LogP) is 5.14. The highest BCUT2D eigenvalue weighted by molar-refractivity contribution is 5.79. The summed E-state index contributed by atoms with van der Waals surface area (Å²) >= 11 is 0. The van der Waals surface area contributed by atoms with Crippen LogP contribution in [0.2, 0.25) is 0 Å². The van der Waals surface area contributed by atoms with E-state index in [9.17, 15) is 4.79 Å². The van der Waals surface area contributed by atoms with Gasteiger partial charge in [0.15, 0.2) is 0 Å². The number of nitrogens with zero attached hydrogens (tertiary/aromatic N) is 2. The van der Waals surface area contributed by atoms with E-state index in [4.69, 9.17) is 0 Å². The number of hydrogen-bond donors (Lipinski definition) is 0. The molecule has 3 atom stereocenters. The van der Waals surface area contributed by atoms with Gasteiger partial charge in [-0.2, -0.15) is 0 Å². The maximum absolute atomic E-state index is 12.6. The molecule has 3 nitrogen and oxygen atoms in total. The Hall–Kier alpha value is -0.410. The average Bonchev–Trinajstić information content (AvgIpc) is 3.20. The van der Waals surface area contributed by atoms with Gasteiger partial charge in [-0.25, -0.2) is 0 Å². The summed E-state index contributed by atoms with van der Waals surface area (Å²) in [6.07, 6.45) is 19.6. The molecular formula is C22H40N2O. The van der Waals surface area contributed by atoms with Crippen molar-refractivity contribution in [1.82, 2.24) is 9.80 Å². The molecule has 144 valence electrons. The molecule has 3 fully saturated rings. The van der Waals surface area contributed by atoms with Gasteiger partial charge >= 0.3 is 0 Å². The van der Waals surface area contributed by atoms with Gasteiger partial charge < -0.3 is 0 Å². The minimum absolute atomic E-state index is 0.536. The van der Waals surface area contributed by atoms with Crippen LogP contribution in [0.15, 0.2) is 0 Å². The Balaban J connectivity index is 1.34. The van der Waals surface area contributed by atoms with E-state index in [-0.39, 0.29) is 0 Å². The number of piperidine rings is 1. The zero-order valence-electron chi connectivity index (χ0n) is 16.6. The number of ketones is 1. The van der Waals surface area contributed by atoms with Gasteiger partial charge in [0.1, 0.15) is 5.78 Å². The molecule has 3 rings (SSSR count). The van der Waals surface area contributed by atoms with Gasteiger partial charge in [-0.3, -0.25) is 14.6 Å². The minimum atomic E-state index is 0.536. The first-order valence-corrected chi connectivity index (χ1v) is 11.3. The third-order valence-electron chi connectivity index (χ3n) is 6.85. The average molecular weight is 349 g/mol. The summed E-state index contributed by atoms with van der Waals surface area (Å²) in [7, 11) is 0. The molecule has 0 aromatic rings. The Bertz CT molecular complexity index is 411. The maximum Gasteiger partial charge on any atom is 0.134 e. The number of hydrogen-bond acceptors (Lipinski definition) is 3. The third kappa shape index (κ3) is 5.07. The quantitative estimate of drug-likeness (QED) is 0.483. The Labute approximate surface area is 155 Å². The van der Waals surface area contributed by atoms with Crippen LogP contribution in [-0.4, -0.2) is 46.9 Å². The van der Waals surface area contributed by atoms with Crippen molar-refractivity contribution in [2.75, 3.05) is 13.1 Å². The van der Waals surface area contributed by atoms with Gasteiger partial charge in [0.2, 0.25) is 0 Å². The van der Waals surface area contributed by atoms with Crippen LogP contribution in [0.4, 0.5) is 0 Å². The lowest BCUT2D eigenvalue weighted by atomic mass is 9.96. The highest BCUT2D eigenvalue weighted by Gasteiger charge is 2.49. The molecule has 0 radical (unpaired) electrons. The van der Waals surface area contributed by atoms with E-state index in [2.05, 4.69) is 16.7 Å². The van der Waals surface area contributed by atoms with Crippen LogP contribution >= 0.6 is 0 Å². The van der Waals surface area contributed by atoms with Gasteiger partial charge in [-0.15, -0.1) is 0 Å². The zero-order chi connectivity index (χ0) is 17.5. The Morgan fingerprint density at radius 3 is 2.36 bits per heavy atom. The molecule has 0 aliphatic carbocycles. The van der Waals surface area contributed by atoms with Gasteiger partial charge in [0.05, 0.1) is 6.17 Å². The van der Waals surface area contributed by atoms with Crippen LogP contribution in [0, 0.1) is 0 Å². The molecule has 0 bridgehead atoms. The lowest BCUT2D eigenvalue weighted by Crippen LogP contribution is -2.44. The van der Waals surface area contributed by atoms with E-state index < -0.39 is 0 Å². The van der Waals surface area contributed by atoms with Crippen molar-refractivity contribution >= 4 is 5.78 Å². The molecule has 3 saturated heterocycles. The lowest BCUT2D eigenvalue weighted by molar-refractivity contribution is -0.120. The Kier molecular flexibility index (Phi) is 7.79. The van der Waals surface area contributed by atoms with Crippen LogP contribution in [0.1, 0.15) is 103 Å². The number of rotatable bonds is 11. The number of carbonyl (C=O) groups excluding carboxylic acids is 1. The van der Waals surface area contributed by atoms with E-state index in [1.54, 1.807) is 0 Å². The van der Waals surface area contributed by atoms with Gasteiger partial charge in [-0.1, -0.05) is 51.9 Å². The molecule has 0 unspecified atom stereocenters. The second-order valence-corrected chi connectivity index (χ2v) is 8.70. The standard InChI is InChI=1S/C22H40N2O/c1-2-3-4-5-6-7-8-9-13-19(25)18-21-20-14-12-17-23(20)22-15-10-11-16-24(21)22/h20-22H,2-18H2,1H3/t20-,21-,22+/m0/s1. The molecule has 0 N–H and O–H groups in total. The van der Waals surface area contributed by atoms with E-state index in [1.165, 1.54) is 90.1 Å². The molecule has 0 spiro atoms. The molecule has 0 saturated carbocycles. The van der Waals surface area contributed by atoms with Crippen molar-refractivity contribution in [2.45, 2.75) is 121 Å². The molecule has 3 aliphatic heterocycles. The van der Waals surface area contributed by atoms with Crippen molar-refractivity contribution in [3.8, 4) is 0 Å². The first-order chi connectivity index (χ1) is 12.3. The number of carbonyl (C=O) groups is 1. The molecule has 0 aromatic carbocycles. The van der Waals surface area contributed by atoms with Crippen molar-refractivity contribution in [3.05, 3.63) is 0 Å². The van der Waals surface area contributed by atoms with E-state index >= 15 is 0 Å². The Morgan fingerprint density at radius 2 is 1.56 bits per heavy atom. The SMILES string of the molecule is CCCCCCCCCCC(=O)C[C@H]1[C@@H]2CCCN2[C@H]2CCCCN21. The summed E-state index contributed by atoms with van der Waals surface area (Å²) in [5, 5.41) is 0. The third-order valence-corrected chi connectivity index (χ3v) is 6.85. The topological polar surface area (TPSA) is 23.6 Å². The lowest BCUT2D eigenvalue weighted by Gasteiger charge is -2.35. The minimum Gasteiger partial charge on any atom is -0.300 e. The fourth-order valence-corrected chi connectivity index (χ4v) is 5.54. The Morgan fingerprint density at radius 1 is 0.840 bits per heavy atom. The van der Waals surface area contributed by atoms with Crippen LogP contribution in [0.3, 0.4) is 0 Å². The normalized spacial score (nSPS) is 29.7. The second kappa shape index (κ2) is 10.1. The molecule has 3 aliphatic rings. The van der Waals surface area contributed by atoms with Crippen LogP contribution in [0.25, 0.3) is 0 Å². The van der Waals surface area contributed by atoms with Gasteiger partial charge in [0.25, 0.3) is 0 Å². The second-order valence-electron chi connectivity index (χ2n) is 8.70. The first kappa shape index (κ1) is 19.4. The van der Waals surface area contributed by atoms with Gasteiger partial charge in [0, 0.05) is 38.0 Å². The monoisotopic (exact) mass is 348 g/mol. The predicted molar refractivity (Wildman–Crippen MR) is 105 cm³/mol. The fourth-order valence-electron chi connectivity index (χ4n) is 5.54. The molecule has 25 heavy (non-hydrogen) atoms. The van der Waals surface area contributed by atoms with Crippen molar-refractivity contribution in [2.24, 2.45) is 0 Å². The fraction of sp³-hybridized carbons (Fsp3) is 0.955. The zero-order valence-corrected chi connectivity index (χ0v) is 16.6. The molecule has 0 amide bonds. The molecule has 3 heterocycles. The summed E-state index contributed by atoms with van der Waals surface area (Å²) < 4.78 is 0. The van der Waals surface area contributed by atoms with E-state index in [0.29, 0.717) is 24.0 Å². The van der Waals surface area contributed by atoms with Crippen molar-refractivity contribution in [3.63, 3.8) is 0 Å². The van der Waals surface area contributed by atoms with Crippen LogP contribution in [-0.2, 0) is 4.79 Å². The summed E-state index contributed by atoms with van der Waals surface area (Å²) in [5.74, 6) is 0.536. The largest absolute Gasteiger partial charge is 0.300 e. The molecular weight excluding hydrogens is 308 g/mol. The first-order valence-electron chi connectivity index (χ1n) is 11.3. The molecule has 3 heteroatoms. The number of unbranched alkanes of at least 4 members (excludes halogenated alkanes) is 7. The van der Waals surface area contributed by atoms with Crippen molar-refractivity contribution < 1.29 is 4.79 Å². The number of Topliss-reactive ketones (excluding diaryl/α,β-unsaturated/α-hetero) is 1. The van der Waals surface area contributed by atoms with Crippen molar-refractivity contribution in [1.29, 1.82) is 0 Å². The summed E-state index contributed by atoms with van der Waals surface area (Å²) in [4.78, 5) is 18.0. The van der Waals surface area contributed by atoms with Crippen LogP contribution in [0.5, 0.6) is 0 Å². The smallest absolute Gasteiger partial charge is 0.134 e. The summed E-state index contributed by atoms with van der Waals surface area (Å²) in [5.41, 5.74) is 0. The van der Waals surface area contributed by atoms with E-state index in [0.717, 1.165) is 19.3 Å². The number of fused-ring (bicyclic) bond motifs is 3.